The molecule has 0 amide bonds. The fraction of sp³-hybridized carbons (Fsp3) is 0.200. The number of methoxy groups -OCH3 is 1. The van der Waals surface area contributed by atoms with Gasteiger partial charge in [-0.25, -0.2) is 0 Å². The Morgan fingerprint density at radius 1 is 1.14 bits per heavy atom. The Kier molecular flexibility index (Phi) is 5.55. The number of hydrogen-bond donors (Lipinski definition) is 0. The summed E-state index contributed by atoms with van der Waals surface area (Å²) in [5.74, 6) is 0.135. The van der Waals surface area contributed by atoms with Crippen molar-refractivity contribution in [3.8, 4) is 5.75 Å². The van der Waals surface area contributed by atoms with E-state index in [-0.39, 0.29) is 5.75 Å². The predicted octanol–water partition coefficient (Wildman–Crippen LogP) is 6.59. The maximum atomic E-state index is 12.5. The molecule has 8 heteroatoms. The number of aryl methyl sites for hydroxylation is 1. The Morgan fingerprint density at radius 2 is 1.86 bits per heavy atom. The highest BCUT2D eigenvalue weighted by Crippen LogP contribution is 2.35. The number of hydrogen-bond acceptors (Lipinski definition) is 2. The molecule has 1 heterocycles. The van der Waals surface area contributed by atoms with Gasteiger partial charge >= 0.3 is 6.36 Å². The Morgan fingerprint density at radius 3 is 2.50 bits per heavy atom. The topological polar surface area (TPSA) is 23.4 Å². The molecular weight excluding hydrogens is 414 g/mol. The maximum absolute atomic E-state index is 12.5. The highest BCUT2D eigenvalue weighted by Gasteiger charge is 2.31. The fourth-order valence-corrected chi connectivity index (χ4v) is 3.61. The molecule has 0 bridgehead atoms. The zero-order valence-electron chi connectivity index (χ0n) is 15.0. The van der Waals surface area contributed by atoms with Gasteiger partial charge in [0.25, 0.3) is 0 Å². The lowest BCUT2D eigenvalue weighted by Crippen LogP contribution is -2.17. The summed E-state index contributed by atoms with van der Waals surface area (Å²) in [6.07, 6.45) is -4.37. The van der Waals surface area contributed by atoms with E-state index in [0.717, 1.165) is 11.1 Å². The number of nitrogens with zero attached hydrogens (tertiary/aromatic N) is 1. The van der Waals surface area contributed by atoms with Gasteiger partial charge in [0.2, 0.25) is 0 Å². The first-order valence-corrected chi connectivity index (χ1v) is 8.90. The number of rotatable bonds is 5. The van der Waals surface area contributed by atoms with Crippen LogP contribution in [0.1, 0.15) is 16.8 Å². The van der Waals surface area contributed by atoms with Gasteiger partial charge in [-0.1, -0.05) is 29.8 Å². The van der Waals surface area contributed by atoms with Crippen LogP contribution in [-0.4, -0.2) is 18.0 Å². The average Bonchev–Trinajstić information content (AvgIpc) is 2.92. The fourth-order valence-electron chi connectivity index (χ4n) is 3.00. The molecule has 2 aromatic carbocycles. The molecule has 148 valence electrons. The van der Waals surface area contributed by atoms with E-state index >= 15 is 0 Å². The summed E-state index contributed by atoms with van der Waals surface area (Å²) in [4.78, 5) is 0. The lowest BCUT2D eigenvalue weighted by molar-refractivity contribution is -0.274. The number of benzene rings is 2. The first-order valence-electron chi connectivity index (χ1n) is 8.15. The van der Waals surface area contributed by atoms with Crippen LogP contribution < -0.4 is 4.74 Å². The second kappa shape index (κ2) is 7.60. The molecule has 0 saturated heterocycles. The smallest absolute Gasteiger partial charge is 0.497 e. The Bertz CT molecular complexity index is 1060. The first-order chi connectivity index (χ1) is 13.1. The van der Waals surface area contributed by atoms with Crippen molar-refractivity contribution in [3.63, 3.8) is 0 Å². The van der Waals surface area contributed by atoms with Crippen molar-refractivity contribution in [1.29, 1.82) is 0 Å². The van der Waals surface area contributed by atoms with Gasteiger partial charge in [0, 0.05) is 41.2 Å². The molecule has 28 heavy (non-hydrogen) atoms. The predicted molar refractivity (Wildman–Crippen MR) is 105 cm³/mol. The van der Waals surface area contributed by atoms with Crippen molar-refractivity contribution in [2.45, 2.75) is 12.8 Å². The van der Waals surface area contributed by atoms with E-state index in [1.807, 2.05) is 6.07 Å². The van der Waals surface area contributed by atoms with Crippen molar-refractivity contribution >= 4 is 39.9 Å². The van der Waals surface area contributed by atoms with Crippen LogP contribution in [0.15, 0.2) is 43.0 Å². The maximum Gasteiger partial charge on any atom is 0.573 e. The summed E-state index contributed by atoms with van der Waals surface area (Å²) in [6, 6.07) is 9.51. The molecule has 0 atom stereocenters. The SMILES string of the molecule is C=C(OC)c1ccc(Cl)c(Cc2cc3ccc(OC(F)(F)F)cc3n2C)c1Cl. The Labute approximate surface area is 169 Å². The number of ether oxygens (including phenoxy) is 2. The monoisotopic (exact) mass is 429 g/mol. The third-order valence-electron chi connectivity index (χ3n) is 4.44. The van der Waals surface area contributed by atoms with Crippen LogP contribution in [0.4, 0.5) is 13.2 Å². The molecule has 0 aliphatic heterocycles. The molecule has 0 unspecified atom stereocenters. The average molecular weight is 430 g/mol. The number of halogens is 5. The third-order valence-corrected chi connectivity index (χ3v) is 5.23. The van der Waals surface area contributed by atoms with Crippen LogP contribution in [0.25, 0.3) is 16.7 Å². The number of aromatic nitrogens is 1. The van der Waals surface area contributed by atoms with E-state index in [0.29, 0.717) is 38.9 Å². The second-order valence-electron chi connectivity index (χ2n) is 6.15. The number of fused-ring (bicyclic) bond motifs is 1. The van der Waals surface area contributed by atoms with Gasteiger partial charge in [0.1, 0.15) is 11.5 Å². The van der Waals surface area contributed by atoms with Crippen molar-refractivity contribution in [1.82, 2.24) is 4.57 Å². The summed E-state index contributed by atoms with van der Waals surface area (Å²) in [5.41, 5.74) is 2.73. The lowest BCUT2D eigenvalue weighted by atomic mass is 10.0. The molecule has 0 aliphatic carbocycles. The highest BCUT2D eigenvalue weighted by molar-refractivity contribution is 6.37. The second-order valence-corrected chi connectivity index (χ2v) is 6.94. The molecule has 3 aromatic rings. The standard InChI is InChI=1S/C20H16Cl2F3NO2/c1-11(27-3)15-6-7-17(21)16(19(15)22)9-13-8-12-4-5-14(28-20(23,24)25)10-18(12)26(13)2/h4-8,10H,1,9H2,2-3H3. The molecule has 0 N–H and O–H groups in total. The molecule has 0 fully saturated rings. The zero-order chi connectivity index (χ0) is 20.6. The normalized spacial score (nSPS) is 11.7. The molecule has 3 rings (SSSR count). The molecule has 3 nitrogen and oxygen atoms in total. The molecule has 0 spiro atoms. The molecule has 0 saturated carbocycles. The van der Waals surface area contributed by atoms with Gasteiger partial charge < -0.3 is 14.0 Å². The van der Waals surface area contributed by atoms with E-state index in [1.54, 1.807) is 29.8 Å². The van der Waals surface area contributed by atoms with E-state index in [9.17, 15) is 13.2 Å². The molecule has 0 radical (unpaired) electrons. The quantitative estimate of drug-likeness (QED) is 0.427. The van der Waals surface area contributed by atoms with Crippen LogP contribution in [0.3, 0.4) is 0 Å². The molecular formula is C20H16Cl2F3NO2. The Balaban J connectivity index is 2.02. The van der Waals surface area contributed by atoms with Crippen molar-refractivity contribution in [2.24, 2.45) is 7.05 Å². The van der Waals surface area contributed by atoms with E-state index in [2.05, 4.69) is 11.3 Å². The van der Waals surface area contributed by atoms with Crippen LogP contribution >= 0.6 is 23.2 Å². The summed E-state index contributed by atoms with van der Waals surface area (Å²) in [6.45, 7) is 3.81. The summed E-state index contributed by atoms with van der Waals surface area (Å²) >= 11 is 12.8. The van der Waals surface area contributed by atoms with E-state index < -0.39 is 6.36 Å². The highest BCUT2D eigenvalue weighted by atomic mass is 35.5. The summed E-state index contributed by atoms with van der Waals surface area (Å²) in [7, 11) is 3.26. The lowest BCUT2D eigenvalue weighted by Gasteiger charge is -2.13. The van der Waals surface area contributed by atoms with Gasteiger partial charge in [-0.3, -0.25) is 0 Å². The minimum absolute atomic E-state index is 0.276. The summed E-state index contributed by atoms with van der Waals surface area (Å²) < 4.78 is 48.4. The third kappa shape index (κ3) is 4.08. The van der Waals surface area contributed by atoms with Crippen LogP contribution in [0, 0.1) is 0 Å². The van der Waals surface area contributed by atoms with Crippen LogP contribution in [0.5, 0.6) is 5.75 Å². The van der Waals surface area contributed by atoms with Gasteiger partial charge in [-0.15, -0.1) is 13.2 Å². The van der Waals surface area contributed by atoms with Gasteiger partial charge in [-0.2, -0.15) is 0 Å². The van der Waals surface area contributed by atoms with Crippen molar-refractivity contribution in [2.75, 3.05) is 7.11 Å². The van der Waals surface area contributed by atoms with Gasteiger partial charge in [0.05, 0.1) is 17.6 Å². The van der Waals surface area contributed by atoms with Gasteiger partial charge in [-0.05, 0) is 35.9 Å². The van der Waals surface area contributed by atoms with Crippen molar-refractivity contribution in [3.05, 3.63) is 69.8 Å². The van der Waals surface area contributed by atoms with Crippen LogP contribution in [-0.2, 0) is 18.2 Å². The molecule has 1 aromatic heterocycles. The van der Waals surface area contributed by atoms with Gasteiger partial charge in [0.15, 0.2) is 0 Å². The zero-order valence-corrected chi connectivity index (χ0v) is 16.5. The Hall–Kier alpha value is -2.31. The minimum atomic E-state index is -4.74. The van der Waals surface area contributed by atoms with E-state index in [4.69, 9.17) is 27.9 Å². The van der Waals surface area contributed by atoms with Crippen LogP contribution in [0.2, 0.25) is 10.0 Å². The van der Waals surface area contributed by atoms with E-state index in [1.165, 1.54) is 19.2 Å². The first kappa shape index (κ1) is 20.4. The summed E-state index contributed by atoms with van der Waals surface area (Å²) in [5, 5.41) is 1.67. The minimum Gasteiger partial charge on any atom is -0.497 e. The number of alkyl halides is 3. The molecule has 0 aliphatic rings. The van der Waals surface area contributed by atoms with Crippen molar-refractivity contribution < 1.29 is 22.6 Å². The largest absolute Gasteiger partial charge is 0.573 e.